The van der Waals surface area contributed by atoms with E-state index in [0.29, 0.717) is 0 Å². The lowest BCUT2D eigenvalue weighted by Gasteiger charge is -2.13. The van der Waals surface area contributed by atoms with E-state index in [1.165, 1.54) is 31.4 Å². The second-order valence-electron chi connectivity index (χ2n) is 4.44. The third-order valence-electron chi connectivity index (χ3n) is 2.93. The average molecular weight is 223 g/mol. The van der Waals surface area contributed by atoms with Crippen LogP contribution in [0.4, 0.5) is 0 Å². The summed E-state index contributed by atoms with van der Waals surface area (Å²) in [4.78, 5) is 0. The highest BCUT2D eigenvalue weighted by Gasteiger charge is 2.10. The number of nitrogens with zero attached hydrogens (tertiary/aromatic N) is 2. The summed E-state index contributed by atoms with van der Waals surface area (Å²) in [5.41, 5.74) is 7.38. The molecule has 0 aliphatic heterocycles. The SMILES string of the molecule is CCCCCCC(N)c1ccnn1CCC. The fourth-order valence-electron chi connectivity index (χ4n) is 2.00. The van der Waals surface area contributed by atoms with Crippen LogP contribution in [-0.4, -0.2) is 9.78 Å². The molecule has 0 aliphatic rings. The quantitative estimate of drug-likeness (QED) is 0.687. The van der Waals surface area contributed by atoms with Crippen LogP contribution in [0.25, 0.3) is 0 Å². The minimum atomic E-state index is 0.158. The highest BCUT2D eigenvalue weighted by atomic mass is 15.3. The maximum atomic E-state index is 6.19. The molecular formula is C13H25N3. The predicted molar refractivity (Wildman–Crippen MR) is 68.2 cm³/mol. The molecule has 16 heavy (non-hydrogen) atoms. The number of aryl methyl sites for hydroxylation is 1. The van der Waals surface area contributed by atoms with Crippen LogP contribution in [0, 0.1) is 0 Å². The van der Waals surface area contributed by atoms with Gasteiger partial charge in [0, 0.05) is 18.8 Å². The standard InChI is InChI=1S/C13H25N3/c1-3-5-6-7-8-12(14)13-9-10-15-16(13)11-4-2/h9-10,12H,3-8,11,14H2,1-2H3. The van der Waals surface area contributed by atoms with Crippen LogP contribution < -0.4 is 5.73 Å². The Hall–Kier alpha value is -0.830. The lowest BCUT2D eigenvalue weighted by atomic mass is 10.1. The smallest absolute Gasteiger partial charge is 0.0551 e. The summed E-state index contributed by atoms with van der Waals surface area (Å²) in [5, 5.41) is 4.31. The average Bonchev–Trinajstić information content (AvgIpc) is 2.73. The summed E-state index contributed by atoms with van der Waals surface area (Å²) < 4.78 is 2.05. The van der Waals surface area contributed by atoms with Crippen molar-refractivity contribution < 1.29 is 0 Å². The largest absolute Gasteiger partial charge is 0.323 e. The van der Waals surface area contributed by atoms with Gasteiger partial charge in [0.15, 0.2) is 0 Å². The molecule has 0 spiro atoms. The van der Waals surface area contributed by atoms with Crippen molar-refractivity contribution in [1.29, 1.82) is 0 Å². The molecule has 0 saturated heterocycles. The molecule has 0 fully saturated rings. The van der Waals surface area contributed by atoms with E-state index in [1.54, 1.807) is 0 Å². The Morgan fingerprint density at radius 1 is 1.25 bits per heavy atom. The van der Waals surface area contributed by atoms with E-state index in [1.807, 2.05) is 10.9 Å². The molecule has 92 valence electrons. The van der Waals surface area contributed by atoms with Crippen LogP contribution in [0.5, 0.6) is 0 Å². The van der Waals surface area contributed by atoms with Gasteiger partial charge >= 0.3 is 0 Å². The predicted octanol–water partition coefficient (Wildman–Crippen LogP) is 3.26. The number of aromatic nitrogens is 2. The first-order valence-electron chi connectivity index (χ1n) is 6.56. The number of hydrogen-bond acceptors (Lipinski definition) is 2. The van der Waals surface area contributed by atoms with Gasteiger partial charge in [-0.2, -0.15) is 5.10 Å². The van der Waals surface area contributed by atoms with Crippen LogP contribution >= 0.6 is 0 Å². The van der Waals surface area contributed by atoms with Crippen molar-refractivity contribution in [3.8, 4) is 0 Å². The van der Waals surface area contributed by atoms with Crippen molar-refractivity contribution >= 4 is 0 Å². The molecule has 0 radical (unpaired) electrons. The van der Waals surface area contributed by atoms with Crippen LogP contribution in [0.2, 0.25) is 0 Å². The zero-order chi connectivity index (χ0) is 11.8. The Balaban J connectivity index is 2.39. The minimum Gasteiger partial charge on any atom is -0.323 e. The molecule has 3 nitrogen and oxygen atoms in total. The monoisotopic (exact) mass is 223 g/mol. The summed E-state index contributed by atoms with van der Waals surface area (Å²) in [5.74, 6) is 0. The fraction of sp³-hybridized carbons (Fsp3) is 0.769. The second-order valence-corrected chi connectivity index (χ2v) is 4.44. The minimum absolute atomic E-state index is 0.158. The zero-order valence-electron chi connectivity index (χ0n) is 10.7. The van der Waals surface area contributed by atoms with Crippen molar-refractivity contribution in [3.63, 3.8) is 0 Å². The molecule has 1 aromatic heterocycles. The third kappa shape index (κ3) is 3.97. The first kappa shape index (κ1) is 13.2. The highest BCUT2D eigenvalue weighted by molar-refractivity contribution is 5.06. The van der Waals surface area contributed by atoms with Gasteiger partial charge in [-0.3, -0.25) is 4.68 Å². The molecule has 1 rings (SSSR count). The Bertz CT molecular complexity index is 280. The van der Waals surface area contributed by atoms with Gasteiger partial charge < -0.3 is 5.73 Å². The Morgan fingerprint density at radius 2 is 2.06 bits per heavy atom. The Labute approximate surface area is 99.0 Å². The van der Waals surface area contributed by atoms with Gasteiger partial charge in [-0.25, -0.2) is 0 Å². The van der Waals surface area contributed by atoms with Crippen molar-refractivity contribution in [3.05, 3.63) is 18.0 Å². The molecule has 2 N–H and O–H groups in total. The molecule has 0 bridgehead atoms. The van der Waals surface area contributed by atoms with Crippen molar-refractivity contribution in [1.82, 2.24) is 9.78 Å². The summed E-state index contributed by atoms with van der Waals surface area (Å²) in [6.07, 6.45) is 9.17. The van der Waals surface area contributed by atoms with Gasteiger partial charge in [-0.15, -0.1) is 0 Å². The van der Waals surface area contributed by atoms with Gasteiger partial charge in [-0.1, -0.05) is 39.5 Å². The van der Waals surface area contributed by atoms with Crippen molar-refractivity contribution in [2.75, 3.05) is 0 Å². The van der Waals surface area contributed by atoms with Gasteiger partial charge in [0.2, 0.25) is 0 Å². The molecule has 3 heteroatoms. The first-order valence-corrected chi connectivity index (χ1v) is 6.56. The number of nitrogens with two attached hydrogens (primary N) is 1. The Kier molecular flexibility index (Phi) is 6.16. The van der Waals surface area contributed by atoms with E-state index in [9.17, 15) is 0 Å². The molecule has 0 amide bonds. The Morgan fingerprint density at radius 3 is 2.75 bits per heavy atom. The van der Waals surface area contributed by atoms with E-state index in [2.05, 4.69) is 25.0 Å². The molecule has 0 aliphatic carbocycles. The summed E-state index contributed by atoms with van der Waals surface area (Å²) >= 11 is 0. The number of unbranched alkanes of at least 4 members (excludes halogenated alkanes) is 3. The van der Waals surface area contributed by atoms with Crippen molar-refractivity contribution in [2.45, 2.75) is 65.0 Å². The molecule has 1 heterocycles. The van der Waals surface area contributed by atoms with Crippen LogP contribution in [0.1, 0.15) is 64.1 Å². The van der Waals surface area contributed by atoms with Gasteiger partial charge in [-0.05, 0) is 18.9 Å². The van der Waals surface area contributed by atoms with E-state index in [0.717, 1.165) is 19.4 Å². The molecule has 0 saturated carbocycles. The zero-order valence-corrected chi connectivity index (χ0v) is 10.7. The lowest BCUT2D eigenvalue weighted by Crippen LogP contribution is -2.16. The van der Waals surface area contributed by atoms with Gasteiger partial charge in [0.05, 0.1) is 5.69 Å². The highest BCUT2D eigenvalue weighted by Crippen LogP contribution is 2.17. The van der Waals surface area contributed by atoms with E-state index in [4.69, 9.17) is 5.73 Å². The lowest BCUT2D eigenvalue weighted by molar-refractivity contribution is 0.501. The van der Waals surface area contributed by atoms with Crippen LogP contribution in [0.3, 0.4) is 0 Å². The van der Waals surface area contributed by atoms with Gasteiger partial charge in [0.1, 0.15) is 0 Å². The number of hydrogen-bond donors (Lipinski definition) is 1. The maximum absolute atomic E-state index is 6.19. The normalized spacial score (nSPS) is 12.9. The van der Waals surface area contributed by atoms with Crippen molar-refractivity contribution in [2.24, 2.45) is 5.73 Å². The van der Waals surface area contributed by atoms with E-state index < -0.39 is 0 Å². The fourth-order valence-corrected chi connectivity index (χ4v) is 2.00. The van der Waals surface area contributed by atoms with Crippen LogP contribution in [0.15, 0.2) is 12.3 Å². The molecule has 0 aromatic carbocycles. The van der Waals surface area contributed by atoms with Gasteiger partial charge in [0.25, 0.3) is 0 Å². The molecule has 1 unspecified atom stereocenters. The second kappa shape index (κ2) is 7.44. The van der Waals surface area contributed by atoms with E-state index in [-0.39, 0.29) is 6.04 Å². The third-order valence-corrected chi connectivity index (χ3v) is 2.93. The van der Waals surface area contributed by atoms with E-state index >= 15 is 0 Å². The maximum Gasteiger partial charge on any atom is 0.0551 e. The molecule has 1 atom stereocenters. The summed E-state index contributed by atoms with van der Waals surface area (Å²) in [6, 6.07) is 2.21. The first-order chi connectivity index (χ1) is 7.79. The van der Waals surface area contributed by atoms with Crippen LogP contribution in [-0.2, 0) is 6.54 Å². The molecular weight excluding hydrogens is 198 g/mol. The number of rotatable bonds is 8. The topological polar surface area (TPSA) is 43.8 Å². The summed E-state index contributed by atoms with van der Waals surface area (Å²) in [7, 11) is 0. The molecule has 1 aromatic rings. The summed E-state index contributed by atoms with van der Waals surface area (Å²) in [6.45, 7) is 5.37.